The van der Waals surface area contributed by atoms with Gasteiger partial charge in [0, 0.05) is 0 Å². The van der Waals surface area contributed by atoms with Crippen molar-refractivity contribution in [2.24, 2.45) is 0 Å². The summed E-state index contributed by atoms with van der Waals surface area (Å²) in [4.78, 5) is 22.2. The van der Waals surface area contributed by atoms with E-state index in [0.717, 1.165) is 12.1 Å². The maximum absolute atomic E-state index is 12.8. The quantitative estimate of drug-likeness (QED) is 0.627. The summed E-state index contributed by atoms with van der Waals surface area (Å²) < 4.78 is 60.1. The van der Waals surface area contributed by atoms with Crippen molar-refractivity contribution >= 4 is 22.1 Å². The van der Waals surface area contributed by atoms with Crippen LogP contribution in [0, 0.1) is 0 Å². The highest BCUT2D eigenvalue weighted by atomic mass is 32.2. The molecule has 0 atom stereocenters. The molecule has 1 rings (SSSR count). The molecule has 0 amide bonds. The fourth-order valence-electron chi connectivity index (χ4n) is 1.15. The van der Waals surface area contributed by atoms with Gasteiger partial charge in [-0.15, -0.1) is 0 Å². The van der Waals surface area contributed by atoms with Gasteiger partial charge >= 0.3 is 17.2 Å². The summed E-state index contributed by atoms with van der Waals surface area (Å²) in [6, 6.07) is 4.57. The summed E-state index contributed by atoms with van der Waals surface area (Å²) in [6.45, 7) is -1.99. The van der Waals surface area contributed by atoms with Gasteiger partial charge in [-0.2, -0.15) is 8.78 Å². The number of carboxylic acid groups (broad SMARTS) is 1. The van der Waals surface area contributed by atoms with Crippen LogP contribution in [-0.4, -0.2) is 41.9 Å². The topological polar surface area (TPSA) is 121 Å². The molecule has 0 aliphatic heterocycles. The van der Waals surface area contributed by atoms with Crippen molar-refractivity contribution in [3.8, 4) is 0 Å². The molecular weight excluding hydrogens is 302 g/mol. The summed E-state index contributed by atoms with van der Waals surface area (Å²) in [5.74, 6) is -2.98. The van der Waals surface area contributed by atoms with E-state index in [4.69, 9.17) is 5.11 Å². The third kappa shape index (κ3) is 3.48. The number of aromatic carboxylic acids is 1. The van der Waals surface area contributed by atoms with Crippen LogP contribution in [0.4, 0.5) is 8.78 Å². The molecule has 1 aromatic rings. The van der Waals surface area contributed by atoms with Crippen molar-refractivity contribution in [1.82, 2.24) is 0 Å². The van der Waals surface area contributed by atoms with E-state index >= 15 is 0 Å². The number of hydrogen-bond donors (Lipinski definition) is 1. The van der Waals surface area contributed by atoms with E-state index in [9.17, 15) is 31.3 Å². The van der Waals surface area contributed by atoms with Gasteiger partial charge in [0.05, 0.1) is 11.1 Å². The van der Waals surface area contributed by atoms with Gasteiger partial charge in [0.2, 0.25) is 0 Å². The number of carbonyl (C=O) groups excluding carboxylic acids is 1. The van der Waals surface area contributed by atoms with Crippen molar-refractivity contribution in [2.75, 3.05) is 6.61 Å². The Morgan fingerprint density at radius 2 is 1.75 bits per heavy atom. The third-order valence-electron chi connectivity index (χ3n) is 2.11. The Morgan fingerprint density at radius 3 is 2.20 bits per heavy atom. The number of alkyl halides is 2. The van der Waals surface area contributed by atoms with E-state index in [1.807, 2.05) is 0 Å². The van der Waals surface area contributed by atoms with Crippen molar-refractivity contribution in [1.29, 1.82) is 0 Å². The van der Waals surface area contributed by atoms with Crippen molar-refractivity contribution in [2.45, 2.75) is 5.25 Å². The lowest BCUT2D eigenvalue weighted by Crippen LogP contribution is -2.35. The first-order valence-corrected chi connectivity index (χ1v) is 6.30. The van der Waals surface area contributed by atoms with Gasteiger partial charge in [0.15, 0.2) is 16.7 Å². The Labute approximate surface area is 111 Å². The number of carboxylic acids is 1. The standard InChI is InChI=1S/C10H8F2O7S/c11-10(12,20(16,17)18)5-19-9(15)7-4-2-1-3-6(7)8(13)14/h1-4H,5H2,(H,13,14)(H,16,17,18)/p-1. The summed E-state index contributed by atoms with van der Waals surface area (Å²) in [5.41, 5.74) is -1.05. The predicted molar refractivity (Wildman–Crippen MR) is 58.3 cm³/mol. The Morgan fingerprint density at radius 1 is 1.25 bits per heavy atom. The van der Waals surface area contributed by atoms with Gasteiger partial charge in [-0.05, 0) is 12.1 Å². The Balaban J connectivity index is 2.92. The van der Waals surface area contributed by atoms with Crippen molar-refractivity contribution in [3.05, 3.63) is 35.4 Å². The van der Waals surface area contributed by atoms with E-state index in [-0.39, 0.29) is 0 Å². The van der Waals surface area contributed by atoms with Gasteiger partial charge in [0.1, 0.15) is 0 Å². The molecule has 0 aliphatic carbocycles. The Kier molecular flexibility index (Phi) is 4.40. The first-order valence-electron chi connectivity index (χ1n) is 4.89. The predicted octanol–water partition coefficient (Wildman–Crippen LogP) is 0.680. The number of rotatable bonds is 5. The fraction of sp³-hybridized carbons (Fsp3) is 0.200. The van der Waals surface area contributed by atoms with Crippen LogP contribution in [0.2, 0.25) is 0 Å². The molecule has 0 bridgehead atoms. The van der Waals surface area contributed by atoms with E-state index in [2.05, 4.69) is 4.74 Å². The molecule has 0 heterocycles. The van der Waals surface area contributed by atoms with Gasteiger partial charge in [-0.3, -0.25) is 0 Å². The van der Waals surface area contributed by atoms with Gasteiger partial charge in [0.25, 0.3) is 0 Å². The minimum absolute atomic E-state index is 0.509. The van der Waals surface area contributed by atoms with Crippen LogP contribution < -0.4 is 0 Å². The zero-order valence-electron chi connectivity index (χ0n) is 9.58. The second kappa shape index (κ2) is 5.51. The van der Waals surface area contributed by atoms with Crippen molar-refractivity contribution in [3.63, 3.8) is 0 Å². The van der Waals surface area contributed by atoms with E-state index < -0.39 is 45.0 Å². The first-order chi connectivity index (χ1) is 9.06. The molecule has 0 spiro atoms. The molecule has 0 unspecified atom stereocenters. The van der Waals surface area contributed by atoms with Crippen LogP contribution in [0.25, 0.3) is 0 Å². The molecule has 110 valence electrons. The van der Waals surface area contributed by atoms with E-state index in [1.54, 1.807) is 0 Å². The molecule has 1 aromatic carbocycles. The zero-order chi connectivity index (χ0) is 15.6. The van der Waals surface area contributed by atoms with Crippen LogP contribution in [-0.2, 0) is 14.9 Å². The number of esters is 1. The summed E-state index contributed by atoms with van der Waals surface area (Å²) in [5, 5.41) is 3.98. The maximum atomic E-state index is 12.8. The number of ether oxygens (including phenoxy) is 1. The highest BCUT2D eigenvalue weighted by Crippen LogP contribution is 2.21. The maximum Gasteiger partial charge on any atom is 0.367 e. The SMILES string of the molecule is O=C(O)c1ccccc1C(=O)OCC(F)(F)S(=O)(=O)[O-]. The molecule has 10 heteroatoms. The molecule has 0 aliphatic rings. The molecule has 0 saturated heterocycles. The number of carbonyl (C=O) groups is 2. The minimum Gasteiger partial charge on any atom is -0.743 e. The third-order valence-corrected chi connectivity index (χ3v) is 2.96. The minimum atomic E-state index is -5.98. The van der Waals surface area contributed by atoms with Gasteiger partial charge in [-0.1, -0.05) is 12.1 Å². The molecule has 0 radical (unpaired) electrons. The average molecular weight is 309 g/mol. The zero-order valence-corrected chi connectivity index (χ0v) is 10.4. The Hall–Kier alpha value is -2.07. The summed E-state index contributed by atoms with van der Waals surface area (Å²) in [6.07, 6.45) is 0. The number of hydrogen-bond acceptors (Lipinski definition) is 6. The number of halogens is 2. The molecule has 20 heavy (non-hydrogen) atoms. The Bertz CT molecular complexity index is 639. The lowest BCUT2D eigenvalue weighted by atomic mass is 10.1. The smallest absolute Gasteiger partial charge is 0.367 e. The lowest BCUT2D eigenvalue weighted by molar-refractivity contribution is -0.0101. The van der Waals surface area contributed by atoms with Crippen LogP contribution in [0.5, 0.6) is 0 Å². The van der Waals surface area contributed by atoms with Crippen LogP contribution in [0.15, 0.2) is 24.3 Å². The second-order valence-corrected chi connectivity index (χ2v) is 5.02. The van der Waals surface area contributed by atoms with Crippen LogP contribution in [0.3, 0.4) is 0 Å². The molecule has 7 nitrogen and oxygen atoms in total. The molecule has 0 aromatic heterocycles. The monoisotopic (exact) mass is 309 g/mol. The van der Waals surface area contributed by atoms with E-state index in [0.29, 0.717) is 0 Å². The average Bonchev–Trinajstić information content (AvgIpc) is 2.34. The fourth-order valence-corrected chi connectivity index (χ4v) is 1.35. The van der Waals surface area contributed by atoms with Gasteiger partial charge < -0.3 is 14.4 Å². The van der Waals surface area contributed by atoms with Gasteiger partial charge in [-0.25, -0.2) is 18.0 Å². The number of benzene rings is 1. The molecule has 0 saturated carbocycles. The lowest BCUT2D eigenvalue weighted by Gasteiger charge is -2.19. The molecule has 0 fully saturated rings. The molecule has 1 N–H and O–H groups in total. The summed E-state index contributed by atoms with van der Waals surface area (Å²) in [7, 11) is -5.98. The normalized spacial score (nSPS) is 11.9. The van der Waals surface area contributed by atoms with Crippen LogP contribution in [0.1, 0.15) is 20.7 Å². The highest BCUT2D eigenvalue weighted by Gasteiger charge is 2.39. The van der Waals surface area contributed by atoms with Crippen LogP contribution >= 0.6 is 0 Å². The largest absolute Gasteiger partial charge is 0.743 e. The first kappa shape index (κ1) is 16.0. The highest BCUT2D eigenvalue weighted by molar-refractivity contribution is 7.86. The van der Waals surface area contributed by atoms with E-state index in [1.165, 1.54) is 12.1 Å². The second-order valence-electron chi connectivity index (χ2n) is 3.52. The summed E-state index contributed by atoms with van der Waals surface area (Å²) >= 11 is 0. The van der Waals surface area contributed by atoms with Crippen molar-refractivity contribution < 1.29 is 41.2 Å². The molecular formula is C10H7F2O7S-.